The molecule has 0 saturated carbocycles. The van der Waals surface area contributed by atoms with Crippen LogP contribution in [0.25, 0.3) is 0 Å². The highest BCUT2D eigenvalue weighted by Gasteiger charge is 2.32. The van der Waals surface area contributed by atoms with Gasteiger partial charge in [0.15, 0.2) is 0 Å². The minimum atomic E-state index is 0.140. The van der Waals surface area contributed by atoms with E-state index in [1.54, 1.807) is 0 Å². The number of fused-ring (bicyclic) bond motifs is 2. The van der Waals surface area contributed by atoms with Gasteiger partial charge in [-0.05, 0) is 61.9 Å². The molecule has 1 aromatic rings. The summed E-state index contributed by atoms with van der Waals surface area (Å²) < 4.78 is 5.60. The van der Waals surface area contributed by atoms with Crippen LogP contribution in [0.1, 0.15) is 43.2 Å². The van der Waals surface area contributed by atoms with Crippen molar-refractivity contribution < 1.29 is 9.53 Å². The maximum absolute atomic E-state index is 12.3. The van der Waals surface area contributed by atoms with Gasteiger partial charge in [-0.25, -0.2) is 0 Å². The van der Waals surface area contributed by atoms with E-state index in [0.29, 0.717) is 18.4 Å². The minimum Gasteiger partial charge on any atom is -0.493 e. The fourth-order valence-corrected chi connectivity index (χ4v) is 4.63. The summed E-state index contributed by atoms with van der Waals surface area (Å²) in [7, 11) is 0. The molecule has 130 valence electrons. The fraction of sp³-hybridized carbons (Fsp3) is 0.650. The maximum Gasteiger partial charge on any atom is 0.224 e. The molecule has 0 aromatic heterocycles. The molecule has 3 aliphatic heterocycles. The smallest absolute Gasteiger partial charge is 0.224 e. The molecule has 0 spiro atoms. The van der Waals surface area contributed by atoms with Crippen molar-refractivity contribution in [2.24, 2.45) is 5.92 Å². The summed E-state index contributed by atoms with van der Waals surface area (Å²) in [5.41, 5.74) is 2.31. The summed E-state index contributed by atoms with van der Waals surface area (Å²) in [5, 5.41) is 3.20. The van der Waals surface area contributed by atoms with Crippen LogP contribution in [0.15, 0.2) is 18.2 Å². The van der Waals surface area contributed by atoms with Crippen molar-refractivity contribution in [3.8, 4) is 5.75 Å². The SMILES string of the molecule is O=C(Cc1ccc2c(c1)OCC2)NCC1CCCN2CCCCC12. The molecule has 2 fully saturated rings. The zero-order valence-electron chi connectivity index (χ0n) is 14.4. The number of hydrogen-bond donors (Lipinski definition) is 1. The first-order chi connectivity index (χ1) is 11.8. The van der Waals surface area contributed by atoms with E-state index in [-0.39, 0.29) is 5.91 Å². The molecule has 0 aliphatic carbocycles. The Balaban J connectivity index is 1.30. The van der Waals surface area contributed by atoms with E-state index >= 15 is 0 Å². The Hall–Kier alpha value is -1.55. The Morgan fingerprint density at radius 3 is 3.08 bits per heavy atom. The fourth-order valence-electron chi connectivity index (χ4n) is 4.63. The van der Waals surface area contributed by atoms with Crippen LogP contribution in [0, 0.1) is 5.92 Å². The first kappa shape index (κ1) is 15.9. The van der Waals surface area contributed by atoms with Gasteiger partial charge >= 0.3 is 0 Å². The lowest BCUT2D eigenvalue weighted by Crippen LogP contribution is -2.51. The maximum atomic E-state index is 12.3. The van der Waals surface area contributed by atoms with Gasteiger partial charge in [0.1, 0.15) is 5.75 Å². The van der Waals surface area contributed by atoms with Gasteiger partial charge in [0, 0.05) is 19.0 Å². The largest absolute Gasteiger partial charge is 0.493 e. The van der Waals surface area contributed by atoms with Gasteiger partial charge in [0.05, 0.1) is 13.0 Å². The normalized spacial score (nSPS) is 26.3. The first-order valence-electron chi connectivity index (χ1n) is 9.55. The quantitative estimate of drug-likeness (QED) is 0.923. The molecular weight excluding hydrogens is 300 g/mol. The van der Waals surface area contributed by atoms with E-state index in [2.05, 4.69) is 22.3 Å². The highest BCUT2D eigenvalue weighted by Crippen LogP contribution is 2.30. The number of hydrogen-bond acceptors (Lipinski definition) is 3. The van der Waals surface area contributed by atoms with E-state index < -0.39 is 0 Å². The first-order valence-corrected chi connectivity index (χ1v) is 9.55. The second kappa shape index (κ2) is 7.14. The lowest BCUT2D eigenvalue weighted by atomic mass is 9.83. The molecule has 2 atom stereocenters. The van der Waals surface area contributed by atoms with Gasteiger partial charge in [-0.1, -0.05) is 18.6 Å². The number of amides is 1. The summed E-state index contributed by atoms with van der Waals surface area (Å²) in [6.45, 7) is 4.11. The van der Waals surface area contributed by atoms with Gasteiger partial charge in [0.25, 0.3) is 0 Å². The average molecular weight is 328 g/mol. The molecule has 1 amide bonds. The summed E-state index contributed by atoms with van der Waals surface area (Å²) in [6, 6.07) is 6.90. The number of carbonyl (C=O) groups excluding carboxylic acids is 1. The Kier molecular flexibility index (Phi) is 4.74. The van der Waals surface area contributed by atoms with Gasteiger partial charge < -0.3 is 15.0 Å². The van der Waals surface area contributed by atoms with E-state index in [4.69, 9.17) is 4.74 Å². The van der Waals surface area contributed by atoms with Gasteiger partial charge in [-0.2, -0.15) is 0 Å². The van der Waals surface area contributed by atoms with Crippen molar-refractivity contribution in [1.82, 2.24) is 10.2 Å². The standard InChI is InChI=1S/C20H28N2O2/c23-20(13-15-6-7-16-8-11-24-19(16)12-15)21-14-17-4-3-10-22-9-2-1-5-18(17)22/h6-7,12,17-18H,1-5,8-11,13-14H2,(H,21,23). The Bertz CT molecular complexity index is 599. The number of rotatable bonds is 4. The average Bonchev–Trinajstić information content (AvgIpc) is 3.07. The monoisotopic (exact) mass is 328 g/mol. The van der Waals surface area contributed by atoms with Crippen LogP contribution in [0.2, 0.25) is 0 Å². The number of nitrogens with zero attached hydrogens (tertiary/aromatic N) is 1. The van der Waals surface area contributed by atoms with Gasteiger partial charge in [-0.15, -0.1) is 0 Å². The van der Waals surface area contributed by atoms with Crippen LogP contribution >= 0.6 is 0 Å². The topological polar surface area (TPSA) is 41.6 Å². The Labute approximate surface area is 144 Å². The molecule has 3 heterocycles. The summed E-state index contributed by atoms with van der Waals surface area (Å²) in [4.78, 5) is 15.0. The minimum absolute atomic E-state index is 0.140. The third kappa shape index (κ3) is 3.44. The van der Waals surface area contributed by atoms with E-state index in [9.17, 15) is 4.79 Å². The van der Waals surface area contributed by atoms with Crippen molar-refractivity contribution in [3.05, 3.63) is 29.3 Å². The number of carbonyl (C=O) groups is 1. The summed E-state index contributed by atoms with van der Waals surface area (Å²) in [6.07, 6.45) is 7.98. The van der Waals surface area contributed by atoms with Gasteiger partial charge in [-0.3, -0.25) is 4.79 Å². The van der Waals surface area contributed by atoms with E-state index in [0.717, 1.165) is 30.9 Å². The third-order valence-corrected chi connectivity index (χ3v) is 5.92. The van der Waals surface area contributed by atoms with Crippen LogP contribution in [0.5, 0.6) is 5.75 Å². The second-order valence-corrected chi connectivity index (χ2v) is 7.52. The van der Waals surface area contributed by atoms with Crippen LogP contribution in [-0.2, 0) is 17.6 Å². The molecule has 4 nitrogen and oxygen atoms in total. The molecule has 2 unspecified atom stereocenters. The molecule has 1 aromatic carbocycles. The molecule has 2 saturated heterocycles. The molecule has 3 aliphatic rings. The number of ether oxygens (including phenoxy) is 1. The number of piperidine rings is 2. The number of benzene rings is 1. The molecule has 4 rings (SSSR count). The van der Waals surface area contributed by atoms with Gasteiger partial charge in [0.2, 0.25) is 5.91 Å². The van der Waals surface area contributed by atoms with Crippen LogP contribution < -0.4 is 10.1 Å². The van der Waals surface area contributed by atoms with Crippen molar-refractivity contribution in [1.29, 1.82) is 0 Å². The van der Waals surface area contributed by atoms with Crippen LogP contribution in [0.4, 0.5) is 0 Å². The predicted octanol–water partition coefficient (Wildman–Crippen LogP) is 2.54. The highest BCUT2D eigenvalue weighted by atomic mass is 16.5. The molecule has 0 radical (unpaired) electrons. The van der Waals surface area contributed by atoms with E-state index in [1.807, 2.05) is 6.07 Å². The van der Waals surface area contributed by atoms with Crippen molar-refractivity contribution in [2.45, 2.75) is 51.0 Å². The molecular formula is C20H28N2O2. The molecule has 4 heteroatoms. The second-order valence-electron chi connectivity index (χ2n) is 7.52. The summed E-state index contributed by atoms with van der Waals surface area (Å²) in [5.74, 6) is 1.73. The number of nitrogens with one attached hydrogen (secondary N) is 1. The van der Waals surface area contributed by atoms with E-state index in [1.165, 1.54) is 50.8 Å². The summed E-state index contributed by atoms with van der Waals surface area (Å²) >= 11 is 0. The Morgan fingerprint density at radius 1 is 1.21 bits per heavy atom. The predicted molar refractivity (Wildman–Crippen MR) is 94.3 cm³/mol. The zero-order valence-corrected chi connectivity index (χ0v) is 14.4. The third-order valence-electron chi connectivity index (χ3n) is 5.92. The lowest BCUT2D eigenvalue weighted by Gasteiger charge is -2.44. The highest BCUT2D eigenvalue weighted by molar-refractivity contribution is 5.78. The molecule has 24 heavy (non-hydrogen) atoms. The Morgan fingerprint density at radius 2 is 2.12 bits per heavy atom. The van der Waals surface area contributed by atoms with Crippen LogP contribution in [0.3, 0.4) is 0 Å². The lowest BCUT2D eigenvalue weighted by molar-refractivity contribution is -0.120. The van der Waals surface area contributed by atoms with Crippen molar-refractivity contribution in [3.63, 3.8) is 0 Å². The van der Waals surface area contributed by atoms with Crippen LogP contribution in [-0.4, -0.2) is 43.1 Å². The van der Waals surface area contributed by atoms with Crippen molar-refractivity contribution >= 4 is 5.91 Å². The molecule has 0 bridgehead atoms. The van der Waals surface area contributed by atoms with Crippen molar-refractivity contribution in [2.75, 3.05) is 26.2 Å². The molecule has 1 N–H and O–H groups in total. The zero-order chi connectivity index (χ0) is 16.4.